The van der Waals surface area contributed by atoms with Crippen molar-refractivity contribution in [2.45, 2.75) is 6.92 Å². The van der Waals surface area contributed by atoms with Gasteiger partial charge in [0.2, 0.25) is 0 Å². The van der Waals surface area contributed by atoms with Crippen molar-refractivity contribution in [1.29, 1.82) is 0 Å². The molecule has 0 fully saturated rings. The maximum absolute atomic E-state index is 11.8. The SMILES string of the molecule is Cc1ccc(C(=O)NCCNC(=O)c2cc(N)c[nH]2)cc1. The van der Waals surface area contributed by atoms with Crippen LogP contribution >= 0.6 is 0 Å². The fraction of sp³-hybridized carbons (Fsp3) is 0.200. The van der Waals surface area contributed by atoms with Crippen molar-refractivity contribution in [3.05, 3.63) is 53.3 Å². The van der Waals surface area contributed by atoms with Gasteiger partial charge < -0.3 is 21.4 Å². The molecule has 0 saturated carbocycles. The molecular formula is C15H18N4O2. The first kappa shape index (κ1) is 14.6. The van der Waals surface area contributed by atoms with Gasteiger partial charge in [0.15, 0.2) is 0 Å². The molecule has 0 spiro atoms. The van der Waals surface area contributed by atoms with Gasteiger partial charge >= 0.3 is 0 Å². The van der Waals surface area contributed by atoms with Crippen LogP contribution in [0, 0.1) is 6.92 Å². The summed E-state index contributed by atoms with van der Waals surface area (Å²) in [5.74, 6) is -0.412. The van der Waals surface area contributed by atoms with E-state index in [0.717, 1.165) is 5.56 Å². The molecule has 6 nitrogen and oxygen atoms in total. The van der Waals surface area contributed by atoms with E-state index in [1.807, 2.05) is 19.1 Å². The molecule has 1 heterocycles. The van der Waals surface area contributed by atoms with Crippen LogP contribution in [0.2, 0.25) is 0 Å². The Labute approximate surface area is 122 Å². The number of aromatic nitrogens is 1. The number of carbonyl (C=O) groups is 2. The van der Waals surface area contributed by atoms with Crippen LogP contribution in [-0.2, 0) is 0 Å². The average Bonchev–Trinajstić information content (AvgIpc) is 2.90. The molecule has 1 aromatic carbocycles. The van der Waals surface area contributed by atoms with Crippen molar-refractivity contribution >= 4 is 17.5 Å². The second-order valence-electron chi connectivity index (χ2n) is 4.72. The normalized spacial score (nSPS) is 10.1. The number of amides is 2. The van der Waals surface area contributed by atoms with Gasteiger partial charge in [0.05, 0.1) is 0 Å². The van der Waals surface area contributed by atoms with E-state index < -0.39 is 0 Å². The predicted octanol–water partition coefficient (Wildman–Crippen LogP) is 1.07. The Hall–Kier alpha value is -2.76. The summed E-state index contributed by atoms with van der Waals surface area (Å²) in [5, 5.41) is 5.43. The minimum absolute atomic E-state index is 0.159. The molecule has 1 aromatic heterocycles. The van der Waals surface area contributed by atoms with Crippen LogP contribution in [0.25, 0.3) is 0 Å². The monoisotopic (exact) mass is 286 g/mol. The Morgan fingerprint density at radius 1 is 1.10 bits per heavy atom. The number of carbonyl (C=O) groups excluding carboxylic acids is 2. The summed E-state index contributed by atoms with van der Waals surface area (Å²) >= 11 is 0. The molecule has 0 aliphatic rings. The summed E-state index contributed by atoms with van der Waals surface area (Å²) in [4.78, 5) is 26.3. The Balaban J connectivity index is 1.73. The molecule has 0 radical (unpaired) electrons. The van der Waals surface area contributed by atoms with E-state index in [-0.39, 0.29) is 11.8 Å². The summed E-state index contributed by atoms with van der Waals surface area (Å²) < 4.78 is 0. The highest BCUT2D eigenvalue weighted by Gasteiger charge is 2.07. The minimum Gasteiger partial charge on any atom is -0.397 e. The topological polar surface area (TPSA) is 100 Å². The summed E-state index contributed by atoms with van der Waals surface area (Å²) in [7, 11) is 0. The van der Waals surface area contributed by atoms with Crippen LogP contribution in [0.1, 0.15) is 26.4 Å². The largest absolute Gasteiger partial charge is 0.397 e. The van der Waals surface area contributed by atoms with Gasteiger partial charge in [-0.25, -0.2) is 0 Å². The highest BCUT2D eigenvalue weighted by Crippen LogP contribution is 2.04. The van der Waals surface area contributed by atoms with E-state index in [2.05, 4.69) is 15.6 Å². The molecule has 0 unspecified atom stereocenters. The van der Waals surface area contributed by atoms with E-state index >= 15 is 0 Å². The molecule has 0 atom stereocenters. The Kier molecular flexibility index (Phi) is 4.61. The summed E-state index contributed by atoms with van der Waals surface area (Å²) in [6.07, 6.45) is 1.55. The number of aryl methyl sites for hydroxylation is 1. The second-order valence-corrected chi connectivity index (χ2v) is 4.72. The third-order valence-electron chi connectivity index (χ3n) is 2.96. The van der Waals surface area contributed by atoms with E-state index in [1.165, 1.54) is 0 Å². The standard InChI is InChI=1S/C15H18N4O2/c1-10-2-4-11(5-3-10)14(20)17-6-7-18-15(21)13-8-12(16)9-19-13/h2-5,8-9,19H,6-7,16H2,1H3,(H,17,20)(H,18,21). The number of aromatic amines is 1. The molecule has 0 saturated heterocycles. The van der Waals surface area contributed by atoms with Gasteiger partial charge in [-0.3, -0.25) is 9.59 Å². The molecule has 2 rings (SSSR count). The summed E-state index contributed by atoms with van der Waals surface area (Å²) in [5.41, 5.74) is 8.13. The number of H-pyrrole nitrogens is 1. The van der Waals surface area contributed by atoms with Crippen molar-refractivity contribution in [2.24, 2.45) is 0 Å². The Bertz CT molecular complexity index is 631. The minimum atomic E-state index is -0.253. The molecule has 5 N–H and O–H groups in total. The third-order valence-corrected chi connectivity index (χ3v) is 2.96. The lowest BCUT2D eigenvalue weighted by atomic mass is 10.1. The molecule has 110 valence electrons. The lowest BCUT2D eigenvalue weighted by molar-refractivity contribution is 0.0925. The predicted molar refractivity (Wildman–Crippen MR) is 81.1 cm³/mol. The fourth-order valence-electron chi connectivity index (χ4n) is 1.80. The van der Waals surface area contributed by atoms with Crippen molar-refractivity contribution in [3.8, 4) is 0 Å². The van der Waals surface area contributed by atoms with Crippen molar-refractivity contribution < 1.29 is 9.59 Å². The lowest BCUT2D eigenvalue weighted by Crippen LogP contribution is -2.34. The summed E-state index contributed by atoms with van der Waals surface area (Å²) in [6.45, 7) is 2.66. The lowest BCUT2D eigenvalue weighted by Gasteiger charge is -2.06. The van der Waals surface area contributed by atoms with Crippen LogP contribution in [0.3, 0.4) is 0 Å². The van der Waals surface area contributed by atoms with Crippen LogP contribution in [0.5, 0.6) is 0 Å². The van der Waals surface area contributed by atoms with Crippen molar-refractivity contribution in [3.63, 3.8) is 0 Å². The highest BCUT2D eigenvalue weighted by molar-refractivity contribution is 5.94. The fourth-order valence-corrected chi connectivity index (χ4v) is 1.80. The number of hydrogen-bond donors (Lipinski definition) is 4. The van der Waals surface area contributed by atoms with Gasteiger partial charge in [0.1, 0.15) is 5.69 Å². The third kappa shape index (κ3) is 4.10. The second kappa shape index (κ2) is 6.60. The smallest absolute Gasteiger partial charge is 0.267 e. The highest BCUT2D eigenvalue weighted by atomic mass is 16.2. The van der Waals surface area contributed by atoms with Gasteiger partial charge in [-0.15, -0.1) is 0 Å². The number of benzene rings is 1. The molecule has 0 aliphatic carbocycles. The molecule has 2 aromatic rings. The van der Waals surface area contributed by atoms with E-state index in [9.17, 15) is 9.59 Å². The number of nitrogens with two attached hydrogens (primary N) is 1. The van der Waals surface area contributed by atoms with Crippen molar-refractivity contribution in [1.82, 2.24) is 15.6 Å². The Morgan fingerprint density at radius 3 is 2.29 bits per heavy atom. The quantitative estimate of drug-likeness (QED) is 0.618. The first-order valence-electron chi connectivity index (χ1n) is 6.63. The van der Waals surface area contributed by atoms with Gasteiger partial charge in [-0.05, 0) is 25.1 Å². The molecule has 2 amide bonds. The molecule has 0 bridgehead atoms. The van der Waals surface area contributed by atoms with Gasteiger partial charge in [0, 0.05) is 30.5 Å². The zero-order valence-electron chi connectivity index (χ0n) is 11.8. The molecule has 0 aliphatic heterocycles. The van der Waals surface area contributed by atoms with E-state index in [4.69, 9.17) is 5.73 Å². The maximum atomic E-state index is 11.8. The maximum Gasteiger partial charge on any atom is 0.267 e. The number of nitrogen functional groups attached to an aromatic ring is 1. The van der Waals surface area contributed by atoms with E-state index in [0.29, 0.717) is 30.0 Å². The number of hydrogen-bond acceptors (Lipinski definition) is 3. The van der Waals surface area contributed by atoms with Crippen LogP contribution < -0.4 is 16.4 Å². The zero-order valence-corrected chi connectivity index (χ0v) is 11.8. The number of rotatable bonds is 5. The van der Waals surface area contributed by atoms with Gasteiger partial charge in [-0.1, -0.05) is 17.7 Å². The molecule has 6 heteroatoms. The van der Waals surface area contributed by atoms with E-state index in [1.54, 1.807) is 24.4 Å². The van der Waals surface area contributed by atoms with Crippen LogP contribution in [-0.4, -0.2) is 29.9 Å². The van der Waals surface area contributed by atoms with Crippen molar-refractivity contribution in [2.75, 3.05) is 18.8 Å². The Morgan fingerprint density at radius 2 is 1.71 bits per heavy atom. The van der Waals surface area contributed by atoms with Crippen LogP contribution in [0.15, 0.2) is 36.5 Å². The zero-order chi connectivity index (χ0) is 15.2. The van der Waals surface area contributed by atoms with Gasteiger partial charge in [-0.2, -0.15) is 0 Å². The molecular weight excluding hydrogens is 268 g/mol. The number of anilines is 1. The first-order valence-corrected chi connectivity index (χ1v) is 6.63. The van der Waals surface area contributed by atoms with Crippen LogP contribution in [0.4, 0.5) is 5.69 Å². The van der Waals surface area contributed by atoms with Gasteiger partial charge in [0.25, 0.3) is 11.8 Å². The average molecular weight is 286 g/mol. The first-order chi connectivity index (χ1) is 10.1. The summed E-state index contributed by atoms with van der Waals surface area (Å²) in [6, 6.07) is 8.86. The number of nitrogens with one attached hydrogen (secondary N) is 3. The molecule has 21 heavy (non-hydrogen) atoms.